The minimum Gasteiger partial charge on any atom is -0.272 e. The Labute approximate surface area is 146 Å². The number of rotatable bonds is 7. The van der Waals surface area contributed by atoms with Gasteiger partial charge in [-0.1, -0.05) is 42.0 Å². The molecule has 0 aliphatic heterocycles. The molecule has 0 spiro atoms. The zero-order chi connectivity index (χ0) is 16.5. The van der Waals surface area contributed by atoms with E-state index in [1.165, 1.54) is 16.0 Å². The summed E-state index contributed by atoms with van der Waals surface area (Å²) in [6.07, 6.45) is 3.70. The molecule has 0 atom stereocenters. The second kappa shape index (κ2) is 9.43. The Balaban J connectivity index is 1.69. The third-order valence-electron chi connectivity index (χ3n) is 3.14. The lowest BCUT2D eigenvalue weighted by molar-refractivity contribution is -0.118. The standard InChI is InChI=1S/C18H20N2OS2/c1-14-3-5-16(6-4-14)12-23-13-18(21)20-19-11-15-7-9-17(22-2)10-8-15/h3-11H,12-13H2,1-2H3,(H,20,21)/b19-11-. The SMILES string of the molecule is CSc1ccc(/C=N\NC(=O)CSCc2ccc(C)cc2)cc1. The molecule has 0 heterocycles. The third-order valence-corrected chi connectivity index (χ3v) is 4.89. The third kappa shape index (κ3) is 6.50. The lowest BCUT2D eigenvalue weighted by Crippen LogP contribution is -2.19. The Morgan fingerprint density at radius 1 is 1.13 bits per heavy atom. The van der Waals surface area contributed by atoms with Gasteiger partial charge in [-0.3, -0.25) is 4.79 Å². The van der Waals surface area contributed by atoms with E-state index >= 15 is 0 Å². The summed E-state index contributed by atoms with van der Waals surface area (Å²) in [5.74, 6) is 1.14. The van der Waals surface area contributed by atoms with Crippen LogP contribution in [0.5, 0.6) is 0 Å². The first-order valence-corrected chi connectivity index (χ1v) is 9.64. The fourth-order valence-corrected chi connectivity index (χ4v) is 3.04. The first kappa shape index (κ1) is 17.6. The zero-order valence-corrected chi connectivity index (χ0v) is 14.9. The number of hydrogen-bond acceptors (Lipinski definition) is 4. The van der Waals surface area contributed by atoms with Crippen LogP contribution >= 0.6 is 23.5 Å². The van der Waals surface area contributed by atoms with E-state index in [1.807, 2.05) is 30.5 Å². The number of aryl methyl sites for hydroxylation is 1. The molecule has 2 rings (SSSR count). The van der Waals surface area contributed by atoms with E-state index in [9.17, 15) is 4.79 Å². The van der Waals surface area contributed by atoms with Crippen LogP contribution in [-0.4, -0.2) is 24.1 Å². The molecule has 0 radical (unpaired) electrons. The number of hydrazone groups is 1. The highest BCUT2D eigenvalue weighted by molar-refractivity contribution is 7.99. The van der Waals surface area contributed by atoms with Gasteiger partial charge in [-0.25, -0.2) is 5.43 Å². The van der Waals surface area contributed by atoms with Gasteiger partial charge < -0.3 is 0 Å². The molecular weight excluding hydrogens is 324 g/mol. The first-order chi connectivity index (χ1) is 11.2. The number of carbonyl (C=O) groups is 1. The highest BCUT2D eigenvalue weighted by Gasteiger charge is 2.00. The summed E-state index contributed by atoms with van der Waals surface area (Å²) >= 11 is 3.28. The molecule has 0 saturated heterocycles. The maximum absolute atomic E-state index is 11.7. The normalized spacial score (nSPS) is 10.9. The summed E-state index contributed by atoms with van der Waals surface area (Å²) in [6, 6.07) is 16.4. The summed E-state index contributed by atoms with van der Waals surface area (Å²) in [4.78, 5) is 12.9. The average Bonchev–Trinajstić information content (AvgIpc) is 2.57. The number of benzene rings is 2. The van der Waals surface area contributed by atoms with Crippen molar-refractivity contribution < 1.29 is 4.79 Å². The Bertz CT molecular complexity index is 652. The summed E-state index contributed by atoms with van der Waals surface area (Å²) in [6.45, 7) is 2.07. The molecule has 1 N–H and O–H groups in total. The van der Waals surface area contributed by atoms with Gasteiger partial charge >= 0.3 is 0 Å². The number of amides is 1. The Morgan fingerprint density at radius 3 is 2.48 bits per heavy atom. The van der Waals surface area contributed by atoms with E-state index in [0.717, 1.165) is 11.3 Å². The van der Waals surface area contributed by atoms with Gasteiger partial charge in [-0.05, 0) is 36.4 Å². The molecule has 1 amide bonds. The van der Waals surface area contributed by atoms with E-state index in [0.29, 0.717) is 5.75 Å². The smallest absolute Gasteiger partial charge is 0.250 e. The number of nitrogens with one attached hydrogen (secondary N) is 1. The highest BCUT2D eigenvalue weighted by Crippen LogP contribution is 2.14. The van der Waals surface area contributed by atoms with E-state index < -0.39 is 0 Å². The zero-order valence-electron chi connectivity index (χ0n) is 13.3. The Hall–Kier alpha value is -1.72. The van der Waals surface area contributed by atoms with Crippen molar-refractivity contribution in [3.05, 3.63) is 65.2 Å². The minimum atomic E-state index is -0.0842. The number of thioether (sulfide) groups is 2. The van der Waals surface area contributed by atoms with Crippen LogP contribution < -0.4 is 5.43 Å². The molecule has 120 valence electrons. The van der Waals surface area contributed by atoms with E-state index in [-0.39, 0.29) is 5.91 Å². The Morgan fingerprint density at radius 2 is 1.83 bits per heavy atom. The molecule has 0 aromatic heterocycles. The first-order valence-electron chi connectivity index (χ1n) is 7.26. The molecule has 5 heteroatoms. The van der Waals surface area contributed by atoms with Crippen molar-refractivity contribution in [3.63, 3.8) is 0 Å². The second-order valence-electron chi connectivity index (χ2n) is 5.04. The second-order valence-corrected chi connectivity index (χ2v) is 6.91. The van der Waals surface area contributed by atoms with Crippen molar-refractivity contribution in [3.8, 4) is 0 Å². The van der Waals surface area contributed by atoms with Gasteiger partial charge in [0.1, 0.15) is 0 Å². The van der Waals surface area contributed by atoms with Crippen molar-refractivity contribution in [1.29, 1.82) is 0 Å². The molecule has 0 aliphatic carbocycles. The quantitative estimate of drug-likeness (QED) is 0.467. The van der Waals surface area contributed by atoms with Crippen molar-refractivity contribution in [2.45, 2.75) is 17.6 Å². The molecule has 0 fully saturated rings. The predicted octanol–water partition coefficient (Wildman–Crippen LogP) is 4.10. The molecule has 2 aromatic carbocycles. The van der Waals surface area contributed by atoms with Crippen molar-refractivity contribution in [2.24, 2.45) is 5.10 Å². The highest BCUT2D eigenvalue weighted by atomic mass is 32.2. The number of nitrogens with zero attached hydrogens (tertiary/aromatic N) is 1. The molecule has 23 heavy (non-hydrogen) atoms. The average molecular weight is 345 g/mol. The Kier molecular flexibility index (Phi) is 7.23. The van der Waals surface area contributed by atoms with E-state index in [2.05, 4.69) is 41.7 Å². The molecular formula is C18H20N2OS2. The predicted molar refractivity (Wildman–Crippen MR) is 101 cm³/mol. The van der Waals surface area contributed by atoms with E-state index in [4.69, 9.17) is 0 Å². The van der Waals surface area contributed by atoms with Crippen LogP contribution in [0.4, 0.5) is 0 Å². The molecule has 3 nitrogen and oxygen atoms in total. The maximum Gasteiger partial charge on any atom is 0.250 e. The van der Waals surface area contributed by atoms with Crippen LogP contribution in [-0.2, 0) is 10.5 Å². The van der Waals surface area contributed by atoms with Gasteiger partial charge in [-0.2, -0.15) is 5.10 Å². The molecule has 0 saturated carbocycles. The maximum atomic E-state index is 11.7. The van der Waals surface area contributed by atoms with Gasteiger partial charge in [0.15, 0.2) is 0 Å². The molecule has 2 aromatic rings. The van der Waals surface area contributed by atoms with Gasteiger partial charge in [0, 0.05) is 10.6 Å². The largest absolute Gasteiger partial charge is 0.272 e. The van der Waals surface area contributed by atoms with Crippen molar-refractivity contribution >= 4 is 35.6 Å². The topological polar surface area (TPSA) is 41.5 Å². The van der Waals surface area contributed by atoms with Crippen molar-refractivity contribution in [2.75, 3.05) is 12.0 Å². The van der Waals surface area contributed by atoms with Crippen LogP contribution in [0.3, 0.4) is 0 Å². The van der Waals surface area contributed by atoms with Gasteiger partial charge in [-0.15, -0.1) is 23.5 Å². The monoisotopic (exact) mass is 344 g/mol. The van der Waals surface area contributed by atoms with Gasteiger partial charge in [0.05, 0.1) is 12.0 Å². The molecule has 0 unspecified atom stereocenters. The van der Waals surface area contributed by atoms with Crippen LogP contribution in [0.1, 0.15) is 16.7 Å². The van der Waals surface area contributed by atoms with Crippen LogP contribution in [0.15, 0.2) is 58.5 Å². The lowest BCUT2D eigenvalue weighted by atomic mass is 10.2. The van der Waals surface area contributed by atoms with Crippen molar-refractivity contribution in [1.82, 2.24) is 5.43 Å². The fourth-order valence-electron chi connectivity index (χ4n) is 1.85. The summed E-state index contributed by atoms with van der Waals surface area (Å²) < 4.78 is 0. The lowest BCUT2D eigenvalue weighted by Gasteiger charge is -2.02. The van der Waals surface area contributed by atoms with Crippen LogP contribution in [0, 0.1) is 6.92 Å². The summed E-state index contributed by atoms with van der Waals surface area (Å²) in [5.41, 5.74) is 6.00. The summed E-state index contributed by atoms with van der Waals surface area (Å²) in [7, 11) is 0. The van der Waals surface area contributed by atoms with Crippen LogP contribution in [0.2, 0.25) is 0 Å². The molecule has 0 bridgehead atoms. The van der Waals surface area contributed by atoms with E-state index in [1.54, 1.807) is 29.7 Å². The fraction of sp³-hybridized carbons (Fsp3) is 0.222. The van der Waals surface area contributed by atoms with Gasteiger partial charge in [0.2, 0.25) is 5.91 Å². The van der Waals surface area contributed by atoms with Gasteiger partial charge in [0.25, 0.3) is 0 Å². The van der Waals surface area contributed by atoms with Crippen LogP contribution in [0.25, 0.3) is 0 Å². The number of hydrogen-bond donors (Lipinski definition) is 1. The minimum absolute atomic E-state index is 0.0842. The summed E-state index contributed by atoms with van der Waals surface area (Å²) in [5, 5.41) is 3.99. The number of carbonyl (C=O) groups excluding carboxylic acids is 1. The molecule has 0 aliphatic rings.